The molecular weight excluding hydrogens is 261 g/mol. The lowest BCUT2D eigenvalue weighted by Crippen LogP contribution is -2.07. The normalized spacial score (nSPS) is 10.8. The molecule has 0 bridgehead atoms. The van der Waals surface area contributed by atoms with Gasteiger partial charge in [-0.25, -0.2) is 9.18 Å². The van der Waals surface area contributed by atoms with Crippen LogP contribution in [-0.4, -0.2) is 19.7 Å². The van der Waals surface area contributed by atoms with Gasteiger partial charge in [0.1, 0.15) is 11.6 Å². The van der Waals surface area contributed by atoms with Crippen molar-refractivity contribution >= 4 is 12.0 Å². The fraction of sp³-hybridized carbons (Fsp3) is 0.333. The highest BCUT2D eigenvalue weighted by atomic mass is 19.1. The van der Waals surface area contributed by atoms with E-state index in [1.807, 2.05) is 6.92 Å². The van der Waals surface area contributed by atoms with Gasteiger partial charge in [0.25, 0.3) is 0 Å². The lowest BCUT2D eigenvalue weighted by Gasteiger charge is -2.04. The summed E-state index contributed by atoms with van der Waals surface area (Å²) in [6.45, 7) is 2.24. The summed E-state index contributed by atoms with van der Waals surface area (Å²) < 4.78 is 23.2. The number of ether oxygens (including phenoxy) is 2. The predicted molar refractivity (Wildman–Crippen MR) is 72.4 cm³/mol. The summed E-state index contributed by atoms with van der Waals surface area (Å²) in [6, 6.07) is 5.93. The molecule has 5 heteroatoms. The third-order valence-corrected chi connectivity index (χ3v) is 2.56. The molecular formula is C15H16FNO3. The minimum atomic E-state index is -0.697. The number of nitrogens with zero attached hydrogens (tertiary/aromatic N) is 1. The van der Waals surface area contributed by atoms with E-state index in [-0.39, 0.29) is 17.9 Å². The third-order valence-electron chi connectivity index (χ3n) is 2.56. The Morgan fingerprint density at radius 2 is 2.25 bits per heavy atom. The van der Waals surface area contributed by atoms with Crippen molar-refractivity contribution < 1.29 is 18.7 Å². The van der Waals surface area contributed by atoms with Gasteiger partial charge in [-0.05, 0) is 30.2 Å². The minimum absolute atomic E-state index is 0.103. The minimum Gasteiger partial charge on any atom is -0.494 e. The molecule has 106 valence electrons. The average Bonchev–Trinajstić information content (AvgIpc) is 2.45. The number of methoxy groups -OCH3 is 1. The molecule has 0 amide bonds. The summed E-state index contributed by atoms with van der Waals surface area (Å²) in [6.07, 6.45) is 2.92. The van der Waals surface area contributed by atoms with Gasteiger partial charge in [0.2, 0.25) is 0 Å². The predicted octanol–water partition coefficient (Wildman–Crippen LogP) is 3.08. The highest BCUT2D eigenvalue weighted by Gasteiger charge is 2.11. The van der Waals surface area contributed by atoms with E-state index in [1.54, 1.807) is 12.1 Å². The van der Waals surface area contributed by atoms with Crippen molar-refractivity contribution in [1.82, 2.24) is 0 Å². The molecule has 0 spiro atoms. The monoisotopic (exact) mass is 277 g/mol. The van der Waals surface area contributed by atoms with Gasteiger partial charge < -0.3 is 9.47 Å². The van der Waals surface area contributed by atoms with Crippen LogP contribution in [0.1, 0.15) is 25.3 Å². The molecule has 0 atom stereocenters. The van der Waals surface area contributed by atoms with Crippen molar-refractivity contribution in [2.45, 2.75) is 19.8 Å². The maximum atomic E-state index is 13.5. The zero-order chi connectivity index (χ0) is 15.0. The molecule has 0 aliphatic heterocycles. The van der Waals surface area contributed by atoms with E-state index in [4.69, 9.17) is 14.7 Å². The third kappa shape index (κ3) is 4.39. The van der Waals surface area contributed by atoms with Crippen LogP contribution in [0, 0.1) is 17.1 Å². The lowest BCUT2D eigenvalue weighted by atomic mass is 10.1. The Kier molecular flexibility index (Phi) is 6.24. The maximum absolute atomic E-state index is 13.5. The SMILES string of the molecule is CCCCOC(=O)C(C#N)=Cc1ccc(OC)c(F)c1. The van der Waals surface area contributed by atoms with Crippen LogP contribution >= 0.6 is 0 Å². The average molecular weight is 277 g/mol. The Morgan fingerprint density at radius 3 is 2.80 bits per heavy atom. The van der Waals surface area contributed by atoms with E-state index in [0.29, 0.717) is 5.56 Å². The molecule has 0 heterocycles. The van der Waals surface area contributed by atoms with Crippen molar-refractivity contribution in [3.63, 3.8) is 0 Å². The number of carbonyl (C=O) groups is 1. The number of hydrogen-bond donors (Lipinski definition) is 0. The second kappa shape index (κ2) is 7.95. The summed E-state index contributed by atoms with van der Waals surface area (Å²) >= 11 is 0. The van der Waals surface area contributed by atoms with E-state index in [2.05, 4.69) is 0 Å². The zero-order valence-corrected chi connectivity index (χ0v) is 11.5. The van der Waals surface area contributed by atoms with Gasteiger partial charge in [0.05, 0.1) is 13.7 Å². The molecule has 0 radical (unpaired) electrons. The Balaban J connectivity index is 2.86. The van der Waals surface area contributed by atoms with E-state index >= 15 is 0 Å². The molecule has 0 aliphatic rings. The number of esters is 1. The Hall–Kier alpha value is -2.35. The van der Waals surface area contributed by atoms with Crippen molar-refractivity contribution in [3.05, 3.63) is 35.2 Å². The summed E-state index contributed by atoms with van der Waals surface area (Å²) in [4.78, 5) is 11.6. The van der Waals surface area contributed by atoms with E-state index in [0.717, 1.165) is 12.8 Å². The van der Waals surface area contributed by atoms with Crippen molar-refractivity contribution in [2.24, 2.45) is 0 Å². The summed E-state index contributed by atoms with van der Waals surface area (Å²) in [5.41, 5.74) is 0.234. The fourth-order valence-electron chi connectivity index (χ4n) is 1.46. The topological polar surface area (TPSA) is 59.3 Å². The highest BCUT2D eigenvalue weighted by Crippen LogP contribution is 2.19. The van der Waals surface area contributed by atoms with Gasteiger partial charge in [-0.2, -0.15) is 5.26 Å². The summed E-state index contributed by atoms with van der Waals surface area (Å²) in [5.74, 6) is -1.15. The fourth-order valence-corrected chi connectivity index (χ4v) is 1.46. The van der Waals surface area contributed by atoms with Gasteiger partial charge in [-0.3, -0.25) is 0 Å². The number of halogens is 1. The van der Waals surface area contributed by atoms with Gasteiger partial charge in [0.15, 0.2) is 11.6 Å². The van der Waals surface area contributed by atoms with Gasteiger partial charge in [-0.1, -0.05) is 19.4 Å². The van der Waals surface area contributed by atoms with Crippen LogP contribution in [-0.2, 0) is 9.53 Å². The zero-order valence-electron chi connectivity index (χ0n) is 11.5. The molecule has 4 nitrogen and oxygen atoms in total. The molecule has 0 saturated carbocycles. The quantitative estimate of drug-likeness (QED) is 0.347. The molecule has 20 heavy (non-hydrogen) atoms. The molecule has 0 fully saturated rings. The molecule has 0 N–H and O–H groups in total. The molecule has 0 aromatic heterocycles. The number of unbranched alkanes of at least 4 members (excludes halogenated alkanes) is 1. The standard InChI is InChI=1S/C15H16FNO3/c1-3-4-7-20-15(18)12(10-17)8-11-5-6-14(19-2)13(16)9-11/h5-6,8-9H,3-4,7H2,1-2H3. The first-order chi connectivity index (χ1) is 9.62. The van der Waals surface area contributed by atoms with E-state index < -0.39 is 11.8 Å². The first kappa shape index (κ1) is 15.7. The largest absolute Gasteiger partial charge is 0.494 e. The molecule has 0 saturated heterocycles. The molecule has 0 aliphatic carbocycles. The first-order valence-corrected chi connectivity index (χ1v) is 6.24. The van der Waals surface area contributed by atoms with Crippen LogP contribution in [0.15, 0.2) is 23.8 Å². The van der Waals surface area contributed by atoms with Crippen molar-refractivity contribution in [2.75, 3.05) is 13.7 Å². The molecule has 1 rings (SSSR count). The second-order valence-electron chi connectivity index (χ2n) is 4.05. The van der Waals surface area contributed by atoms with Crippen LogP contribution in [0.4, 0.5) is 4.39 Å². The Bertz CT molecular complexity index is 547. The molecule has 1 aromatic carbocycles. The maximum Gasteiger partial charge on any atom is 0.348 e. The van der Waals surface area contributed by atoms with Gasteiger partial charge in [-0.15, -0.1) is 0 Å². The molecule has 0 unspecified atom stereocenters. The number of rotatable bonds is 6. The number of carbonyl (C=O) groups excluding carboxylic acids is 1. The van der Waals surface area contributed by atoms with Crippen molar-refractivity contribution in [3.8, 4) is 11.8 Å². The van der Waals surface area contributed by atoms with Crippen LogP contribution < -0.4 is 4.74 Å². The summed E-state index contributed by atoms with van der Waals surface area (Å²) in [7, 11) is 1.36. The number of nitriles is 1. The van der Waals surface area contributed by atoms with Crippen LogP contribution in [0.25, 0.3) is 6.08 Å². The highest BCUT2D eigenvalue weighted by molar-refractivity contribution is 5.97. The Labute approximate surface area is 117 Å². The number of benzene rings is 1. The number of hydrogen-bond acceptors (Lipinski definition) is 4. The lowest BCUT2D eigenvalue weighted by molar-refractivity contribution is -0.138. The van der Waals surface area contributed by atoms with Crippen LogP contribution in [0.5, 0.6) is 5.75 Å². The second-order valence-corrected chi connectivity index (χ2v) is 4.05. The van der Waals surface area contributed by atoms with Gasteiger partial charge >= 0.3 is 5.97 Å². The van der Waals surface area contributed by atoms with Crippen LogP contribution in [0.3, 0.4) is 0 Å². The first-order valence-electron chi connectivity index (χ1n) is 6.24. The van der Waals surface area contributed by atoms with Gasteiger partial charge in [0, 0.05) is 0 Å². The van der Waals surface area contributed by atoms with E-state index in [1.165, 1.54) is 25.3 Å². The smallest absolute Gasteiger partial charge is 0.348 e. The molecule has 1 aromatic rings. The summed E-state index contributed by atoms with van der Waals surface area (Å²) in [5, 5.41) is 8.95. The Morgan fingerprint density at radius 1 is 1.50 bits per heavy atom. The van der Waals surface area contributed by atoms with Crippen LogP contribution in [0.2, 0.25) is 0 Å². The van der Waals surface area contributed by atoms with Crippen molar-refractivity contribution in [1.29, 1.82) is 5.26 Å². The van der Waals surface area contributed by atoms with E-state index in [9.17, 15) is 9.18 Å².